The number of hydrogen-bond donors (Lipinski definition) is 3. The largest absolute Gasteiger partial charge is 0.314 e. The van der Waals surface area contributed by atoms with Gasteiger partial charge in [-0.2, -0.15) is 0 Å². The molecule has 0 spiro atoms. The van der Waals surface area contributed by atoms with Gasteiger partial charge < -0.3 is 10.6 Å². The molecule has 3 atom stereocenters. The highest BCUT2D eigenvalue weighted by atomic mass is 32.2. The van der Waals surface area contributed by atoms with Gasteiger partial charge in [-0.05, 0) is 52.0 Å². The normalized spacial score (nSPS) is 31.5. The van der Waals surface area contributed by atoms with Gasteiger partial charge in [0.1, 0.15) is 0 Å². The summed E-state index contributed by atoms with van der Waals surface area (Å²) in [7, 11) is -3.17. The summed E-state index contributed by atoms with van der Waals surface area (Å²) in [6, 6.07) is 1.16. The molecule has 1 heterocycles. The second-order valence-electron chi connectivity index (χ2n) is 7.40. The van der Waals surface area contributed by atoms with E-state index >= 15 is 0 Å². The first kappa shape index (κ1) is 17.2. The molecule has 2 fully saturated rings. The summed E-state index contributed by atoms with van der Waals surface area (Å²) < 4.78 is 25.6. The lowest BCUT2D eigenvalue weighted by Crippen LogP contribution is -2.55. The first-order chi connectivity index (χ1) is 9.77. The lowest BCUT2D eigenvalue weighted by molar-refractivity contribution is 0.205. The average Bonchev–Trinajstić information content (AvgIpc) is 2.87. The van der Waals surface area contributed by atoms with Crippen molar-refractivity contribution in [3.05, 3.63) is 0 Å². The molecular weight excluding hydrogens is 286 g/mol. The van der Waals surface area contributed by atoms with Gasteiger partial charge in [-0.25, -0.2) is 13.1 Å². The molecule has 0 aromatic rings. The number of sulfonamides is 1. The molecule has 2 rings (SSSR count). The third-order valence-corrected chi connectivity index (χ3v) is 5.63. The molecular formula is C15H31N3O2S. The molecule has 3 unspecified atom stereocenters. The van der Waals surface area contributed by atoms with E-state index in [0.29, 0.717) is 24.5 Å². The molecule has 1 saturated carbocycles. The maximum atomic E-state index is 11.4. The minimum atomic E-state index is -3.17. The highest BCUT2D eigenvalue weighted by molar-refractivity contribution is 7.88. The molecule has 1 aliphatic carbocycles. The Morgan fingerprint density at radius 1 is 1.14 bits per heavy atom. The predicted molar refractivity (Wildman–Crippen MR) is 86.8 cm³/mol. The van der Waals surface area contributed by atoms with Crippen LogP contribution >= 0.6 is 0 Å². The zero-order valence-electron chi connectivity index (χ0n) is 13.6. The van der Waals surface area contributed by atoms with Crippen LogP contribution < -0.4 is 15.4 Å². The molecule has 3 N–H and O–H groups in total. The van der Waals surface area contributed by atoms with E-state index in [1.807, 2.05) is 13.8 Å². The Labute approximate surface area is 129 Å². The van der Waals surface area contributed by atoms with E-state index in [-0.39, 0.29) is 0 Å². The Hall–Kier alpha value is -0.170. The van der Waals surface area contributed by atoms with Gasteiger partial charge in [0, 0.05) is 24.2 Å². The number of hydrogen-bond acceptors (Lipinski definition) is 4. The lowest BCUT2D eigenvalue weighted by atomic mass is 9.79. The van der Waals surface area contributed by atoms with E-state index in [1.165, 1.54) is 44.8 Å². The smallest absolute Gasteiger partial charge is 0.209 e. The van der Waals surface area contributed by atoms with Crippen molar-refractivity contribution in [3.8, 4) is 0 Å². The summed E-state index contributed by atoms with van der Waals surface area (Å²) in [6.45, 7) is 5.70. The van der Waals surface area contributed by atoms with Crippen molar-refractivity contribution in [2.45, 2.75) is 70.0 Å². The van der Waals surface area contributed by atoms with Gasteiger partial charge in [-0.1, -0.05) is 12.8 Å². The molecule has 1 saturated heterocycles. The van der Waals surface area contributed by atoms with Crippen molar-refractivity contribution < 1.29 is 8.42 Å². The minimum absolute atomic E-state index is 0.446. The van der Waals surface area contributed by atoms with Crippen molar-refractivity contribution in [2.24, 2.45) is 5.92 Å². The lowest BCUT2D eigenvalue weighted by Gasteiger charge is -2.38. The van der Waals surface area contributed by atoms with Crippen LogP contribution in [-0.4, -0.2) is 45.4 Å². The summed E-state index contributed by atoms with van der Waals surface area (Å²) in [6.07, 6.45) is 8.89. The van der Waals surface area contributed by atoms with Crippen molar-refractivity contribution in [2.75, 3.05) is 19.3 Å². The Morgan fingerprint density at radius 2 is 1.86 bits per heavy atom. The Kier molecular flexibility index (Phi) is 5.68. The Bertz CT molecular complexity index is 430. The van der Waals surface area contributed by atoms with Crippen molar-refractivity contribution in [1.29, 1.82) is 0 Å². The van der Waals surface area contributed by atoms with Gasteiger partial charge in [-0.3, -0.25) is 0 Å². The van der Waals surface area contributed by atoms with E-state index in [2.05, 4.69) is 15.4 Å². The molecule has 5 nitrogen and oxygen atoms in total. The van der Waals surface area contributed by atoms with Crippen LogP contribution in [0.1, 0.15) is 52.4 Å². The maximum absolute atomic E-state index is 11.4. The molecule has 0 aromatic carbocycles. The zero-order valence-corrected chi connectivity index (χ0v) is 14.4. The van der Waals surface area contributed by atoms with Crippen LogP contribution in [0.5, 0.6) is 0 Å². The molecule has 0 bridgehead atoms. The third-order valence-electron chi connectivity index (χ3n) is 4.70. The first-order valence-corrected chi connectivity index (χ1v) is 10.1. The topological polar surface area (TPSA) is 70.2 Å². The van der Waals surface area contributed by atoms with Gasteiger partial charge in [0.15, 0.2) is 0 Å². The van der Waals surface area contributed by atoms with E-state index in [4.69, 9.17) is 0 Å². The monoisotopic (exact) mass is 317 g/mol. The Balaban J connectivity index is 1.90. The van der Waals surface area contributed by atoms with E-state index < -0.39 is 15.6 Å². The molecule has 6 heteroatoms. The van der Waals surface area contributed by atoms with Crippen LogP contribution in [0.3, 0.4) is 0 Å². The van der Waals surface area contributed by atoms with Crippen LogP contribution in [0.4, 0.5) is 0 Å². The fourth-order valence-corrected chi connectivity index (χ4v) is 4.97. The second-order valence-corrected chi connectivity index (χ2v) is 9.15. The van der Waals surface area contributed by atoms with Crippen LogP contribution in [0.2, 0.25) is 0 Å². The van der Waals surface area contributed by atoms with Crippen LogP contribution in [0.25, 0.3) is 0 Å². The molecule has 124 valence electrons. The summed E-state index contributed by atoms with van der Waals surface area (Å²) in [5.41, 5.74) is -0.446. The standard InChI is InChI=1S/C15H31N3O2S/c1-15(2,18-21(3,19)20)11-17-14-8-5-4-7-12(14)13-9-6-10-16-13/h12-14,16-18H,4-11H2,1-3H3. The quantitative estimate of drug-likeness (QED) is 0.689. The molecule has 0 radical (unpaired) electrons. The fraction of sp³-hybridized carbons (Fsp3) is 1.00. The van der Waals surface area contributed by atoms with Gasteiger partial charge in [0.2, 0.25) is 10.0 Å². The molecule has 0 aromatic heterocycles. The molecule has 0 amide bonds. The zero-order chi connectivity index (χ0) is 15.5. The summed E-state index contributed by atoms with van der Waals surface area (Å²) >= 11 is 0. The van der Waals surface area contributed by atoms with Crippen molar-refractivity contribution in [1.82, 2.24) is 15.4 Å². The van der Waals surface area contributed by atoms with Crippen molar-refractivity contribution in [3.63, 3.8) is 0 Å². The molecule has 1 aliphatic heterocycles. The first-order valence-electron chi connectivity index (χ1n) is 8.23. The Morgan fingerprint density at radius 3 is 2.48 bits per heavy atom. The highest BCUT2D eigenvalue weighted by Gasteiger charge is 2.34. The minimum Gasteiger partial charge on any atom is -0.314 e. The van der Waals surface area contributed by atoms with Gasteiger partial charge >= 0.3 is 0 Å². The van der Waals surface area contributed by atoms with E-state index in [0.717, 1.165) is 6.54 Å². The van der Waals surface area contributed by atoms with Gasteiger partial charge in [0.25, 0.3) is 0 Å². The summed E-state index contributed by atoms with van der Waals surface area (Å²) in [5.74, 6) is 0.690. The predicted octanol–water partition coefficient (Wildman–Crippen LogP) is 1.21. The number of nitrogens with one attached hydrogen (secondary N) is 3. The van der Waals surface area contributed by atoms with E-state index in [1.54, 1.807) is 0 Å². The van der Waals surface area contributed by atoms with Crippen LogP contribution in [0, 0.1) is 5.92 Å². The molecule has 21 heavy (non-hydrogen) atoms. The third kappa shape index (κ3) is 5.51. The average molecular weight is 317 g/mol. The molecule has 2 aliphatic rings. The van der Waals surface area contributed by atoms with Gasteiger partial charge in [0.05, 0.1) is 6.26 Å². The van der Waals surface area contributed by atoms with Gasteiger partial charge in [-0.15, -0.1) is 0 Å². The fourth-order valence-electron chi connectivity index (χ4n) is 3.90. The van der Waals surface area contributed by atoms with Crippen LogP contribution in [0.15, 0.2) is 0 Å². The SMILES string of the molecule is CC(C)(CNC1CCCCC1C1CCCN1)NS(C)(=O)=O. The van der Waals surface area contributed by atoms with Crippen molar-refractivity contribution >= 4 is 10.0 Å². The highest BCUT2D eigenvalue weighted by Crippen LogP contribution is 2.30. The van der Waals surface area contributed by atoms with E-state index in [9.17, 15) is 8.42 Å². The number of rotatable bonds is 6. The summed E-state index contributed by atoms with van der Waals surface area (Å²) in [4.78, 5) is 0. The second kappa shape index (κ2) is 6.94. The summed E-state index contributed by atoms with van der Waals surface area (Å²) in [5, 5.41) is 7.28. The maximum Gasteiger partial charge on any atom is 0.209 e. The van der Waals surface area contributed by atoms with Crippen LogP contribution in [-0.2, 0) is 10.0 Å².